The highest BCUT2D eigenvalue weighted by Crippen LogP contribution is 2.30. The van der Waals surface area contributed by atoms with Gasteiger partial charge in [-0.05, 0) is 6.07 Å². The standard InChI is InChI=1S/C15H10BNO2/c1-17-11-7-6-10(16)12-13(11)15(19)9-5-3-2-4-8(9)14(12)18/h2-7,17H,1H3. The first kappa shape index (κ1) is 11.7. The van der Waals surface area contributed by atoms with Crippen molar-refractivity contribution >= 4 is 30.6 Å². The lowest BCUT2D eigenvalue weighted by molar-refractivity contribution is 0.0980. The van der Waals surface area contributed by atoms with Crippen LogP contribution in [0.4, 0.5) is 5.69 Å². The Morgan fingerprint density at radius 1 is 0.895 bits per heavy atom. The molecule has 0 saturated carbocycles. The molecule has 0 aromatic heterocycles. The molecule has 0 amide bonds. The number of ketones is 2. The molecule has 4 heteroatoms. The summed E-state index contributed by atoms with van der Waals surface area (Å²) >= 11 is 0. The van der Waals surface area contributed by atoms with Crippen LogP contribution in [0.25, 0.3) is 0 Å². The fourth-order valence-corrected chi connectivity index (χ4v) is 2.46. The van der Waals surface area contributed by atoms with Gasteiger partial charge in [0.15, 0.2) is 11.6 Å². The molecule has 3 nitrogen and oxygen atoms in total. The quantitative estimate of drug-likeness (QED) is 0.659. The van der Waals surface area contributed by atoms with Crippen molar-refractivity contribution in [1.82, 2.24) is 0 Å². The van der Waals surface area contributed by atoms with E-state index in [-0.39, 0.29) is 11.6 Å². The number of carbonyl (C=O) groups is 2. The molecule has 0 unspecified atom stereocenters. The minimum atomic E-state index is -0.195. The van der Waals surface area contributed by atoms with Gasteiger partial charge in [-0.25, -0.2) is 0 Å². The molecule has 0 atom stereocenters. The Kier molecular flexibility index (Phi) is 2.52. The van der Waals surface area contributed by atoms with Gasteiger partial charge in [0.05, 0.1) is 5.56 Å². The number of carbonyl (C=O) groups excluding carboxylic acids is 2. The highest BCUT2D eigenvalue weighted by molar-refractivity contribution is 6.42. The molecule has 0 bridgehead atoms. The number of nitrogens with one attached hydrogen (secondary N) is 1. The van der Waals surface area contributed by atoms with Crippen LogP contribution in [-0.4, -0.2) is 26.5 Å². The summed E-state index contributed by atoms with van der Waals surface area (Å²) in [6, 6.07) is 10.2. The van der Waals surface area contributed by atoms with Gasteiger partial charge in [0.2, 0.25) is 0 Å². The van der Waals surface area contributed by atoms with Gasteiger partial charge in [-0.1, -0.05) is 35.8 Å². The van der Waals surface area contributed by atoms with Crippen molar-refractivity contribution in [3.8, 4) is 0 Å². The van der Waals surface area contributed by atoms with Gasteiger partial charge in [0, 0.05) is 29.4 Å². The van der Waals surface area contributed by atoms with Crippen LogP contribution in [0, 0.1) is 0 Å². The molecule has 2 radical (unpaired) electrons. The largest absolute Gasteiger partial charge is 0.388 e. The van der Waals surface area contributed by atoms with Gasteiger partial charge in [-0.15, -0.1) is 0 Å². The highest BCUT2D eigenvalue weighted by atomic mass is 16.1. The first-order chi connectivity index (χ1) is 9.15. The molecule has 0 fully saturated rings. The molecule has 1 N–H and O–H groups in total. The van der Waals surface area contributed by atoms with Gasteiger partial charge >= 0.3 is 0 Å². The zero-order valence-corrected chi connectivity index (χ0v) is 10.4. The van der Waals surface area contributed by atoms with Gasteiger partial charge in [-0.2, -0.15) is 0 Å². The summed E-state index contributed by atoms with van der Waals surface area (Å²) in [5.41, 5.74) is 2.47. The topological polar surface area (TPSA) is 46.2 Å². The lowest BCUT2D eigenvalue weighted by Crippen LogP contribution is -2.29. The highest BCUT2D eigenvalue weighted by Gasteiger charge is 2.32. The van der Waals surface area contributed by atoms with Crippen LogP contribution in [0.5, 0.6) is 0 Å². The summed E-state index contributed by atoms with van der Waals surface area (Å²) < 4.78 is 0. The van der Waals surface area contributed by atoms with Crippen molar-refractivity contribution in [2.24, 2.45) is 0 Å². The van der Waals surface area contributed by atoms with Crippen molar-refractivity contribution in [1.29, 1.82) is 0 Å². The van der Waals surface area contributed by atoms with Gasteiger partial charge in [-0.3, -0.25) is 9.59 Å². The third-order valence-electron chi connectivity index (χ3n) is 3.38. The van der Waals surface area contributed by atoms with E-state index in [0.29, 0.717) is 33.4 Å². The number of benzene rings is 2. The summed E-state index contributed by atoms with van der Waals surface area (Å²) in [5, 5.41) is 2.94. The number of hydrogen-bond acceptors (Lipinski definition) is 3. The van der Waals surface area contributed by atoms with E-state index >= 15 is 0 Å². The normalized spacial score (nSPS) is 12.9. The zero-order valence-electron chi connectivity index (χ0n) is 10.4. The summed E-state index contributed by atoms with van der Waals surface area (Å²) in [5.74, 6) is -0.360. The van der Waals surface area contributed by atoms with Crippen LogP contribution in [0.1, 0.15) is 31.8 Å². The van der Waals surface area contributed by atoms with Crippen LogP contribution in [0.3, 0.4) is 0 Å². The lowest BCUT2D eigenvalue weighted by atomic mass is 9.76. The maximum atomic E-state index is 12.5. The Bertz CT molecular complexity index is 722. The number of anilines is 1. The molecule has 0 aliphatic heterocycles. The van der Waals surface area contributed by atoms with E-state index in [9.17, 15) is 9.59 Å². The van der Waals surface area contributed by atoms with Crippen LogP contribution in [-0.2, 0) is 0 Å². The van der Waals surface area contributed by atoms with Crippen LogP contribution >= 0.6 is 0 Å². The van der Waals surface area contributed by atoms with Gasteiger partial charge in [0.25, 0.3) is 0 Å². The van der Waals surface area contributed by atoms with Crippen molar-refractivity contribution < 1.29 is 9.59 Å². The molecule has 1 aliphatic carbocycles. The minimum Gasteiger partial charge on any atom is -0.388 e. The second-order valence-corrected chi connectivity index (χ2v) is 4.41. The van der Waals surface area contributed by atoms with Crippen molar-refractivity contribution in [2.45, 2.75) is 0 Å². The van der Waals surface area contributed by atoms with Crippen LogP contribution in [0.15, 0.2) is 36.4 Å². The third kappa shape index (κ3) is 1.53. The Balaban J connectivity index is 2.38. The summed E-state index contributed by atoms with van der Waals surface area (Å²) in [7, 11) is 7.59. The predicted molar refractivity (Wildman–Crippen MR) is 74.7 cm³/mol. The monoisotopic (exact) mass is 247 g/mol. The molecule has 0 saturated heterocycles. The number of rotatable bonds is 1. The smallest absolute Gasteiger partial charge is 0.196 e. The van der Waals surface area contributed by atoms with E-state index in [1.807, 2.05) is 0 Å². The number of hydrogen-bond donors (Lipinski definition) is 1. The third-order valence-corrected chi connectivity index (χ3v) is 3.38. The van der Waals surface area contributed by atoms with Crippen molar-refractivity contribution in [2.75, 3.05) is 12.4 Å². The SMILES string of the molecule is [B]c1ccc(NC)c2c1C(=O)c1ccccc1C2=O. The Labute approximate surface area is 112 Å². The average Bonchev–Trinajstić information content (AvgIpc) is 2.44. The van der Waals surface area contributed by atoms with Gasteiger partial charge in [0.1, 0.15) is 7.85 Å². The minimum absolute atomic E-state index is 0.165. The van der Waals surface area contributed by atoms with E-state index in [1.54, 1.807) is 43.4 Å². The lowest BCUT2D eigenvalue weighted by Gasteiger charge is -2.21. The second kappa shape index (κ2) is 4.09. The Morgan fingerprint density at radius 2 is 1.47 bits per heavy atom. The van der Waals surface area contributed by atoms with E-state index in [0.717, 1.165) is 0 Å². The van der Waals surface area contributed by atoms with E-state index < -0.39 is 0 Å². The Morgan fingerprint density at radius 3 is 2.05 bits per heavy atom. The summed E-state index contributed by atoms with van der Waals surface area (Å²) in [6.45, 7) is 0. The molecule has 2 aromatic carbocycles. The maximum absolute atomic E-state index is 12.5. The molecule has 1 aliphatic rings. The van der Waals surface area contributed by atoms with E-state index in [1.165, 1.54) is 0 Å². The fraction of sp³-hybridized carbons (Fsp3) is 0.0667. The fourth-order valence-electron chi connectivity index (χ4n) is 2.46. The molecular weight excluding hydrogens is 237 g/mol. The molecule has 90 valence electrons. The first-order valence-corrected chi connectivity index (χ1v) is 5.93. The molecule has 0 spiro atoms. The van der Waals surface area contributed by atoms with Crippen LogP contribution < -0.4 is 10.8 Å². The zero-order chi connectivity index (χ0) is 13.6. The second-order valence-electron chi connectivity index (χ2n) is 4.41. The molecule has 0 heterocycles. The predicted octanol–water partition coefficient (Wildman–Crippen LogP) is 1.30. The molecule has 3 rings (SSSR count). The van der Waals surface area contributed by atoms with Crippen molar-refractivity contribution in [3.05, 3.63) is 58.7 Å². The first-order valence-electron chi connectivity index (χ1n) is 5.93. The van der Waals surface area contributed by atoms with Crippen LogP contribution in [0.2, 0.25) is 0 Å². The summed E-state index contributed by atoms with van der Waals surface area (Å²) in [6.07, 6.45) is 0. The number of fused-ring (bicyclic) bond motifs is 2. The average molecular weight is 247 g/mol. The molecule has 19 heavy (non-hydrogen) atoms. The van der Waals surface area contributed by atoms with E-state index in [4.69, 9.17) is 7.85 Å². The summed E-state index contributed by atoms with van der Waals surface area (Å²) in [4.78, 5) is 25.0. The maximum Gasteiger partial charge on any atom is 0.196 e. The van der Waals surface area contributed by atoms with Crippen molar-refractivity contribution in [3.63, 3.8) is 0 Å². The molecule has 2 aromatic rings. The Hall–Kier alpha value is -2.36. The molecular formula is C15H10BNO2. The van der Waals surface area contributed by atoms with E-state index in [2.05, 4.69) is 5.32 Å². The van der Waals surface area contributed by atoms with Gasteiger partial charge < -0.3 is 5.32 Å².